The molecule has 0 unspecified atom stereocenters. The highest BCUT2D eigenvalue weighted by Crippen LogP contribution is 2.15. The highest BCUT2D eigenvalue weighted by Gasteiger charge is 2.03. The van der Waals surface area contributed by atoms with Gasteiger partial charge in [0.25, 0.3) is 0 Å². The Morgan fingerprint density at radius 2 is 2.67 bits per heavy atom. The van der Waals surface area contributed by atoms with Crippen molar-refractivity contribution in [3.8, 4) is 0 Å². The smallest absolute Gasteiger partial charge is 0.410 e. The summed E-state index contributed by atoms with van der Waals surface area (Å²) in [5.41, 5.74) is 0.728. The van der Waals surface area contributed by atoms with Crippen molar-refractivity contribution in [1.29, 1.82) is 0 Å². The van der Waals surface area contributed by atoms with Crippen LogP contribution in [-0.4, -0.2) is 23.3 Å². The number of anilines is 1. The van der Waals surface area contributed by atoms with E-state index in [1.165, 1.54) is 11.3 Å². The van der Waals surface area contributed by atoms with Crippen LogP contribution in [0.4, 0.5) is 9.93 Å². The minimum Gasteiger partial charge on any atom is -0.465 e. The molecule has 1 aromatic rings. The molecule has 0 bridgehead atoms. The molecule has 0 saturated carbocycles. The second kappa shape index (κ2) is 4.03. The predicted octanol–water partition coefficient (Wildman–Crippen LogP) is 1.38. The topological polar surface area (TPSA) is 71.5 Å². The van der Waals surface area contributed by atoms with Crippen LogP contribution in [0.25, 0.3) is 0 Å². The van der Waals surface area contributed by atoms with Crippen molar-refractivity contribution in [2.75, 3.05) is 12.4 Å². The quantitative estimate of drug-likeness (QED) is 0.751. The fourth-order valence-electron chi connectivity index (χ4n) is 0.670. The summed E-state index contributed by atoms with van der Waals surface area (Å²) in [5, 5.41) is 12.6. The molecule has 0 aliphatic carbocycles. The summed E-state index contributed by atoms with van der Waals surface area (Å²) in [6.45, 7) is 0.401. The Kier molecular flexibility index (Phi) is 3.01. The lowest BCUT2D eigenvalue weighted by atomic mass is 10.5. The second-order valence-corrected chi connectivity index (χ2v) is 2.87. The Balaban J connectivity index is 2.58. The summed E-state index contributed by atoms with van der Waals surface area (Å²) in [6.07, 6.45) is -1.10. The van der Waals surface area contributed by atoms with Gasteiger partial charge in [-0.15, -0.1) is 11.3 Å². The zero-order valence-electron chi connectivity index (χ0n) is 6.40. The number of thiazole rings is 1. The third kappa shape index (κ3) is 2.48. The largest absolute Gasteiger partial charge is 0.465 e. The summed E-state index contributed by atoms with van der Waals surface area (Å²) in [5.74, 6) is 0. The normalized spacial score (nSPS) is 9.75. The first-order chi connectivity index (χ1) is 5.72. The number of carbonyl (C=O) groups is 1. The number of ether oxygens (including phenoxy) is 1. The summed E-state index contributed by atoms with van der Waals surface area (Å²) >= 11 is 1.23. The summed E-state index contributed by atoms with van der Waals surface area (Å²) in [7, 11) is 1.56. The standard InChI is InChI=1S/C6H8N2O3S/c1-11-2-4-3-12-5(7-4)8-6(9)10/h3H,2H2,1H3,(H,7,8)(H,9,10). The van der Waals surface area contributed by atoms with E-state index in [0.29, 0.717) is 11.7 Å². The SMILES string of the molecule is COCc1csc(NC(=O)O)n1. The van der Waals surface area contributed by atoms with Crippen molar-refractivity contribution >= 4 is 22.6 Å². The number of hydrogen-bond donors (Lipinski definition) is 2. The van der Waals surface area contributed by atoms with Gasteiger partial charge in [0.15, 0.2) is 5.13 Å². The van der Waals surface area contributed by atoms with E-state index in [0.717, 1.165) is 5.69 Å². The molecule has 0 aliphatic rings. The van der Waals surface area contributed by atoms with E-state index in [1.54, 1.807) is 12.5 Å². The molecule has 0 aliphatic heterocycles. The molecule has 1 aromatic heterocycles. The van der Waals surface area contributed by atoms with E-state index >= 15 is 0 Å². The average molecular weight is 188 g/mol. The minimum atomic E-state index is -1.10. The molecule has 1 amide bonds. The number of methoxy groups -OCH3 is 1. The van der Waals surface area contributed by atoms with E-state index in [4.69, 9.17) is 9.84 Å². The zero-order valence-corrected chi connectivity index (χ0v) is 7.22. The monoisotopic (exact) mass is 188 g/mol. The predicted molar refractivity (Wildman–Crippen MR) is 44.5 cm³/mol. The number of hydrogen-bond acceptors (Lipinski definition) is 4. The van der Waals surface area contributed by atoms with Gasteiger partial charge in [0.05, 0.1) is 12.3 Å². The fraction of sp³-hybridized carbons (Fsp3) is 0.333. The van der Waals surface area contributed by atoms with Crippen LogP contribution in [0.5, 0.6) is 0 Å². The molecule has 12 heavy (non-hydrogen) atoms. The van der Waals surface area contributed by atoms with Gasteiger partial charge in [-0.25, -0.2) is 9.78 Å². The van der Waals surface area contributed by atoms with Crippen LogP contribution < -0.4 is 5.32 Å². The third-order valence-electron chi connectivity index (χ3n) is 1.06. The lowest BCUT2D eigenvalue weighted by Gasteiger charge is -1.92. The van der Waals surface area contributed by atoms with Gasteiger partial charge < -0.3 is 9.84 Å². The first kappa shape index (κ1) is 8.95. The molecule has 1 rings (SSSR count). The molecule has 1 heterocycles. The molecule has 0 fully saturated rings. The van der Waals surface area contributed by atoms with Crippen LogP contribution >= 0.6 is 11.3 Å². The molecule has 0 saturated heterocycles. The Morgan fingerprint density at radius 1 is 1.92 bits per heavy atom. The molecule has 66 valence electrons. The Hall–Kier alpha value is -1.14. The molecule has 0 radical (unpaired) electrons. The number of nitrogens with zero attached hydrogens (tertiary/aromatic N) is 1. The van der Waals surface area contributed by atoms with Crippen molar-refractivity contribution in [3.63, 3.8) is 0 Å². The maximum absolute atomic E-state index is 10.2. The van der Waals surface area contributed by atoms with Crippen molar-refractivity contribution in [2.24, 2.45) is 0 Å². The Morgan fingerprint density at radius 3 is 3.25 bits per heavy atom. The first-order valence-electron chi connectivity index (χ1n) is 3.15. The van der Waals surface area contributed by atoms with Gasteiger partial charge in [0.1, 0.15) is 0 Å². The molecule has 5 nitrogen and oxygen atoms in total. The maximum Gasteiger partial charge on any atom is 0.410 e. The van der Waals surface area contributed by atoms with Crippen LogP contribution in [0.2, 0.25) is 0 Å². The Bertz CT molecular complexity index is 274. The molecular formula is C6H8N2O3S. The van der Waals surface area contributed by atoms with Crippen LogP contribution in [-0.2, 0) is 11.3 Å². The second-order valence-electron chi connectivity index (χ2n) is 2.01. The van der Waals surface area contributed by atoms with Gasteiger partial charge in [-0.1, -0.05) is 0 Å². The molecule has 0 atom stereocenters. The van der Waals surface area contributed by atoms with E-state index in [1.807, 2.05) is 0 Å². The van der Waals surface area contributed by atoms with Gasteiger partial charge in [0.2, 0.25) is 0 Å². The number of carboxylic acid groups (broad SMARTS) is 1. The third-order valence-corrected chi connectivity index (χ3v) is 1.86. The number of aromatic nitrogens is 1. The highest BCUT2D eigenvalue weighted by atomic mass is 32.1. The molecular weight excluding hydrogens is 180 g/mol. The summed E-state index contributed by atoms with van der Waals surface area (Å²) in [6, 6.07) is 0. The highest BCUT2D eigenvalue weighted by molar-refractivity contribution is 7.13. The summed E-state index contributed by atoms with van der Waals surface area (Å²) in [4.78, 5) is 14.1. The zero-order chi connectivity index (χ0) is 8.97. The molecule has 0 spiro atoms. The van der Waals surface area contributed by atoms with E-state index < -0.39 is 6.09 Å². The van der Waals surface area contributed by atoms with Crippen LogP contribution in [0.3, 0.4) is 0 Å². The lowest BCUT2D eigenvalue weighted by Crippen LogP contribution is -2.06. The van der Waals surface area contributed by atoms with Gasteiger partial charge >= 0.3 is 6.09 Å². The van der Waals surface area contributed by atoms with Gasteiger partial charge in [-0.05, 0) is 0 Å². The first-order valence-corrected chi connectivity index (χ1v) is 4.03. The van der Waals surface area contributed by atoms with Crippen molar-refractivity contribution < 1.29 is 14.6 Å². The molecule has 2 N–H and O–H groups in total. The number of amides is 1. The maximum atomic E-state index is 10.2. The van der Waals surface area contributed by atoms with E-state index in [9.17, 15) is 4.79 Å². The van der Waals surface area contributed by atoms with Crippen LogP contribution in [0.1, 0.15) is 5.69 Å². The minimum absolute atomic E-state index is 0.370. The molecule has 0 aromatic carbocycles. The molecule has 6 heteroatoms. The van der Waals surface area contributed by atoms with Crippen molar-refractivity contribution in [1.82, 2.24) is 4.98 Å². The Labute approximate surface area is 73.0 Å². The van der Waals surface area contributed by atoms with Crippen LogP contribution in [0, 0.1) is 0 Å². The van der Waals surface area contributed by atoms with Gasteiger partial charge in [-0.2, -0.15) is 0 Å². The van der Waals surface area contributed by atoms with Crippen molar-refractivity contribution in [3.05, 3.63) is 11.1 Å². The summed E-state index contributed by atoms with van der Waals surface area (Å²) < 4.78 is 4.82. The van der Waals surface area contributed by atoms with Gasteiger partial charge in [-0.3, -0.25) is 5.32 Å². The average Bonchev–Trinajstić information content (AvgIpc) is 2.36. The van der Waals surface area contributed by atoms with Crippen LogP contribution in [0.15, 0.2) is 5.38 Å². The number of nitrogens with one attached hydrogen (secondary N) is 1. The van der Waals surface area contributed by atoms with Crippen molar-refractivity contribution in [2.45, 2.75) is 6.61 Å². The lowest BCUT2D eigenvalue weighted by molar-refractivity contribution is 0.182. The van der Waals surface area contributed by atoms with E-state index in [2.05, 4.69) is 10.3 Å². The van der Waals surface area contributed by atoms with E-state index in [-0.39, 0.29) is 0 Å². The van der Waals surface area contributed by atoms with Gasteiger partial charge in [0, 0.05) is 12.5 Å². The fourth-order valence-corrected chi connectivity index (χ4v) is 1.35. The number of rotatable bonds is 3.